The summed E-state index contributed by atoms with van der Waals surface area (Å²) in [5.74, 6) is 2.04. The Hall–Kier alpha value is -2.50. The Kier molecular flexibility index (Phi) is 4.50. The molecule has 0 saturated carbocycles. The number of anilines is 1. The van der Waals surface area contributed by atoms with Gasteiger partial charge in [-0.2, -0.15) is 0 Å². The number of nitrogens with zero attached hydrogens (tertiary/aromatic N) is 4. The molecule has 0 aliphatic carbocycles. The molecule has 2 aromatic rings. The quantitative estimate of drug-likeness (QED) is 0.942. The zero-order chi connectivity index (χ0) is 16.2. The second-order valence-corrected chi connectivity index (χ2v) is 5.77. The van der Waals surface area contributed by atoms with Crippen LogP contribution < -0.4 is 5.32 Å². The first-order valence-electron chi connectivity index (χ1n) is 7.90. The highest BCUT2D eigenvalue weighted by Gasteiger charge is 2.24. The molecule has 6 nitrogen and oxygen atoms in total. The van der Waals surface area contributed by atoms with Crippen LogP contribution in [0.2, 0.25) is 0 Å². The molecule has 0 atom stereocenters. The minimum atomic E-state index is 0.152. The van der Waals surface area contributed by atoms with Gasteiger partial charge in [0.05, 0.1) is 0 Å². The molecule has 1 amide bonds. The SMILES string of the molecule is CNc1cc(C2CCN(C(C)=O)CC2)nc(-c2ccncc2)n1. The Morgan fingerprint density at radius 2 is 1.91 bits per heavy atom. The fraction of sp³-hybridized carbons (Fsp3) is 0.412. The number of pyridine rings is 1. The monoisotopic (exact) mass is 311 g/mol. The molecule has 0 unspecified atom stereocenters. The number of aromatic nitrogens is 3. The largest absolute Gasteiger partial charge is 0.373 e. The molecule has 1 aliphatic heterocycles. The zero-order valence-corrected chi connectivity index (χ0v) is 13.5. The van der Waals surface area contributed by atoms with E-state index in [1.807, 2.05) is 30.1 Å². The Morgan fingerprint density at radius 1 is 1.22 bits per heavy atom. The minimum Gasteiger partial charge on any atom is -0.373 e. The molecule has 1 fully saturated rings. The van der Waals surface area contributed by atoms with Crippen molar-refractivity contribution in [2.75, 3.05) is 25.5 Å². The van der Waals surface area contributed by atoms with Crippen molar-refractivity contribution < 1.29 is 4.79 Å². The first kappa shape index (κ1) is 15.4. The Morgan fingerprint density at radius 3 is 2.52 bits per heavy atom. The molecule has 3 rings (SSSR count). The van der Waals surface area contributed by atoms with E-state index in [0.29, 0.717) is 11.7 Å². The maximum absolute atomic E-state index is 11.5. The number of nitrogens with one attached hydrogen (secondary N) is 1. The first-order valence-corrected chi connectivity index (χ1v) is 7.90. The minimum absolute atomic E-state index is 0.152. The van der Waals surface area contributed by atoms with Crippen molar-refractivity contribution in [3.05, 3.63) is 36.3 Å². The van der Waals surface area contributed by atoms with E-state index >= 15 is 0 Å². The van der Waals surface area contributed by atoms with E-state index in [1.54, 1.807) is 19.3 Å². The zero-order valence-electron chi connectivity index (χ0n) is 13.5. The van der Waals surface area contributed by atoms with E-state index < -0.39 is 0 Å². The summed E-state index contributed by atoms with van der Waals surface area (Å²) in [5, 5.41) is 3.11. The molecular weight excluding hydrogens is 290 g/mol. The van der Waals surface area contributed by atoms with Gasteiger partial charge in [0.1, 0.15) is 5.82 Å². The molecule has 1 saturated heterocycles. The van der Waals surface area contributed by atoms with Crippen LogP contribution in [0, 0.1) is 0 Å². The lowest BCUT2D eigenvalue weighted by atomic mass is 9.93. The summed E-state index contributed by atoms with van der Waals surface area (Å²) in [6.07, 6.45) is 5.37. The van der Waals surface area contributed by atoms with Crippen molar-refractivity contribution in [1.29, 1.82) is 0 Å². The van der Waals surface area contributed by atoms with Crippen LogP contribution in [0.25, 0.3) is 11.4 Å². The van der Waals surface area contributed by atoms with Crippen molar-refractivity contribution in [2.24, 2.45) is 0 Å². The molecule has 120 valence electrons. The maximum atomic E-state index is 11.5. The molecule has 6 heteroatoms. The van der Waals surface area contributed by atoms with Crippen LogP contribution in [0.4, 0.5) is 5.82 Å². The number of carbonyl (C=O) groups excluding carboxylic acids is 1. The maximum Gasteiger partial charge on any atom is 0.219 e. The molecule has 1 aliphatic rings. The van der Waals surface area contributed by atoms with Crippen LogP contribution in [0.3, 0.4) is 0 Å². The molecular formula is C17H21N5O. The lowest BCUT2D eigenvalue weighted by Gasteiger charge is -2.31. The van der Waals surface area contributed by atoms with Crippen molar-refractivity contribution in [2.45, 2.75) is 25.7 Å². The van der Waals surface area contributed by atoms with Gasteiger partial charge in [0, 0.05) is 62.7 Å². The second-order valence-electron chi connectivity index (χ2n) is 5.77. The molecule has 2 aromatic heterocycles. The summed E-state index contributed by atoms with van der Waals surface area (Å²) >= 11 is 0. The molecule has 0 aromatic carbocycles. The van der Waals surface area contributed by atoms with Gasteiger partial charge < -0.3 is 10.2 Å². The third kappa shape index (κ3) is 3.47. The van der Waals surface area contributed by atoms with E-state index in [0.717, 1.165) is 43.0 Å². The normalized spacial score (nSPS) is 15.5. The van der Waals surface area contributed by atoms with E-state index in [2.05, 4.69) is 15.3 Å². The van der Waals surface area contributed by atoms with E-state index in [1.165, 1.54) is 0 Å². The van der Waals surface area contributed by atoms with Gasteiger partial charge in [0.15, 0.2) is 5.82 Å². The topological polar surface area (TPSA) is 71.0 Å². The third-order valence-corrected chi connectivity index (χ3v) is 4.30. The van der Waals surface area contributed by atoms with E-state index in [9.17, 15) is 4.79 Å². The molecule has 0 bridgehead atoms. The highest BCUT2D eigenvalue weighted by Crippen LogP contribution is 2.29. The van der Waals surface area contributed by atoms with Crippen LogP contribution in [-0.4, -0.2) is 45.9 Å². The fourth-order valence-corrected chi connectivity index (χ4v) is 2.92. The second kappa shape index (κ2) is 6.73. The fourth-order valence-electron chi connectivity index (χ4n) is 2.92. The average Bonchev–Trinajstić information content (AvgIpc) is 2.62. The Labute approximate surface area is 136 Å². The lowest BCUT2D eigenvalue weighted by molar-refractivity contribution is -0.129. The summed E-state index contributed by atoms with van der Waals surface area (Å²) in [6, 6.07) is 5.84. The molecule has 3 heterocycles. The van der Waals surface area contributed by atoms with Gasteiger partial charge in [-0.25, -0.2) is 9.97 Å². The number of carbonyl (C=O) groups is 1. The summed E-state index contributed by atoms with van der Waals surface area (Å²) < 4.78 is 0. The average molecular weight is 311 g/mol. The molecule has 0 spiro atoms. The van der Waals surface area contributed by atoms with Crippen molar-refractivity contribution in [3.63, 3.8) is 0 Å². The first-order chi connectivity index (χ1) is 11.2. The van der Waals surface area contributed by atoms with Crippen molar-refractivity contribution in [1.82, 2.24) is 19.9 Å². The molecule has 0 radical (unpaired) electrons. The number of likely N-dealkylation sites (tertiary alicyclic amines) is 1. The number of amides is 1. The molecule has 23 heavy (non-hydrogen) atoms. The van der Waals surface area contributed by atoms with Crippen molar-refractivity contribution >= 4 is 11.7 Å². The van der Waals surface area contributed by atoms with Gasteiger partial charge in [-0.05, 0) is 25.0 Å². The smallest absolute Gasteiger partial charge is 0.219 e. The molecule has 1 N–H and O–H groups in total. The van der Waals surface area contributed by atoms with Gasteiger partial charge in [0.2, 0.25) is 5.91 Å². The van der Waals surface area contributed by atoms with E-state index in [-0.39, 0.29) is 5.91 Å². The number of hydrogen-bond acceptors (Lipinski definition) is 5. The highest BCUT2D eigenvalue weighted by atomic mass is 16.2. The van der Waals surface area contributed by atoms with Crippen molar-refractivity contribution in [3.8, 4) is 11.4 Å². The van der Waals surface area contributed by atoms with Crippen LogP contribution in [0.15, 0.2) is 30.6 Å². The summed E-state index contributed by atoms with van der Waals surface area (Å²) in [7, 11) is 1.86. The van der Waals surface area contributed by atoms with Gasteiger partial charge in [-0.3, -0.25) is 9.78 Å². The van der Waals surface area contributed by atoms with Gasteiger partial charge in [-0.15, -0.1) is 0 Å². The van der Waals surface area contributed by atoms with Crippen LogP contribution in [-0.2, 0) is 4.79 Å². The summed E-state index contributed by atoms with van der Waals surface area (Å²) in [6.45, 7) is 3.22. The van der Waals surface area contributed by atoms with Crippen LogP contribution in [0.1, 0.15) is 31.4 Å². The summed E-state index contributed by atoms with van der Waals surface area (Å²) in [4.78, 5) is 26.7. The van der Waals surface area contributed by atoms with Crippen LogP contribution >= 0.6 is 0 Å². The predicted molar refractivity (Wildman–Crippen MR) is 89.0 cm³/mol. The Balaban J connectivity index is 1.87. The number of hydrogen-bond donors (Lipinski definition) is 1. The van der Waals surface area contributed by atoms with Gasteiger partial charge >= 0.3 is 0 Å². The van der Waals surface area contributed by atoms with E-state index in [4.69, 9.17) is 4.98 Å². The Bertz CT molecular complexity index is 681. The third-order valence-electron chi connectivity index (χ3n) is 4.30. The van der Waals surface area contributed by atoms with Gasteiger partial charge in [-0.1, -0.05) is 0 Å². The number of rotatable bonds is 3. The van der Waals surface area contributed by atoms with Crippen LogP contribution in [0.5, 0.6) is 0 Å². The summed E-state index contributed by atoms with van der Waals surface area (Å²) in [5.41, 5.74) is 2.00. The lowest BCUT2D eigenvalue weighted by Crippen LogP contribution is -2.36. The van der Waals surface area contributed by atoms with Gasteiger partial charge in [0.25, 0.3) is 0 Å². The highest BCUT2D eigenvalue weighted by molar-refractivity contribution is 5.73. The standard InChI is InChI=1S/C17H21N5O/c1-12(23)22-9-5-13(6-10-22)15-11-16(18-2)21-17(20-15)14-3-7-19-8-4-14/h3-4,7-8,11,13H,5-6,9-10H2,1-2H3,(H,18,20,21). The predicted octanol–water partition coefficient (Wildman–Crippen LogP) is 2.31. The number of piperidine rings is 1.